The Morgan fingerprint density at radius 2 is 1.70 bits per heavy atom. The first-order valence-corrected chi connectivity index (χ1v) is 8.35. The minimum absolute atomic E-state index is 0.308. The van der Waals surface area contributed by atoms with Crippen LogP contribution < -0.4 is 10.1 Å². The molecule has 1 atom stereocenters. The SMILES string of the molecule is COc1ccc(C(c2cc(C)ccc2C)N2CCNCC2)cc1. The Morgan fingerprint density at radius 3 is 2.35 bits per heavy atom. The Labute approximate surface area is 139 Å². The molecule has 3 heteroatoms. The summed E-state index contributed by atoms with van der Waals surface area (Å²) < 4.78 is 5.32. The lowest BCUT2D eigenvalue weighted by atomic mass is 9.92. The molecular formula is C20H26N2O. The van der Waals surface area contributed by atoms with E-state index in [0.29, 0.717) is 6.04 Å². The first kappa shape index (κ1) is 16.0. The molecule has 1 saturated heterocycles. The van der Waals surface area contributed by atoms with Gasteiger partial charge in [0.15, 0.2) is 0 Å². The van der Waals surface area contributed by atoms with Gasteiger partial charge in [0.05, 0.1) is 13.2 Å². The van der Waals surface area contributed by atoms with Crippen molar-refractivity contribution in [2.45, 2.75) is 19.9 Å². The number of rotatable bonds is 4. The van der Waals surface area contributed by atoms with Crippen LogP contribution >= 0.6 is 0 Å². The highest BCUT2D eigenvalue weighted by Crippen LogP contribution is 2.32. The summed E-state index contributed by atoms with van der Waals surface area (Å²) in [6, 6.07) is 15.6. The van der Waals surface area contributed by atoms with Crippen LogP contribution in [0.1, 0.15) is 28.3 Å². The fraction of sp³-hybridized carbons (Fsp3) is 0.400. The highest BCUT2D eigenvalue weighted by atomic mass is 16.5. The molecule has 0 aliphatic carbocycles. The van der Waals surface area contributed by atoms with Crippen LogP contribution in [0.25, 0.3) is 0 Å². The fourth-order valence-electron chi connectivity index (χ4n) is 3.37. The monoisotopic (exact) mass is 310 g/mol. The van der Waals surface area contributed by atoms with Gasteiger partial charge >= 0.3 is 0 Å². The van der Waals surface area contributed by atoms with E-state index in [0.717, 1.165) is 31.9 Å². The topological polar surface area (TPSA) is 24.5 Å². The van der Waals surface area contributed by atoms with Gasteiger partial charge in [-0.1, -0.05) is 35.9 Å². The van der Waals surface area contributed by atoms with E-state index < -0.39 is 0 Å². The maximum atomic E-state index is 5.32. The van der Waals surface area contributed by atoms with Gasteiger partial charge in [0.2, 0.25) is 0 Å². The second kappa shape index (κ2) is 7.16. The zero-order chi connectivity index (χ0) is 16.2. The smallest absolute Gasteiger partial charge is 0.118 e. The molecule has 0 radical (unpaired) electrons. The van der Waals surface area contributed by atoms with Crippen molar-refractivity contribution in [2.24, 2.45) is 0 Å². The molecule has 0 saturated carbocycles. The third kappa shape index (κ3) is 3.57. The Hall–Kier alpha value is -1.84. The van der Waals surface area contributed by atoms with Crippen molar-refractivity contribution in [3.63, 3.8) is 0 Å². The van der Waals surface area contributed by atoms with Gasteiger partial charge < -0.3 is 10.1 Å². The molecule has 2 aromatic carbocycles. The van der Waals surface area contributed by atoms with Crippen LogP contribution in [0.5, 0.6) is 5.75 Å². The van der Waals surface area contributed by atoms with Gasteiger partial charge in [-0.15, -0.1) is 0 Å². The fourth-order valence-corrected chi connectivity index (χ4v) is 3.37. The Balaban J connectivity index is 2.03. The van der Waals surface area contributed by atoms with E-state index in [4.69, 9.17) is 4.74 Å². The summed E-state index contributed by atoms with van der Waals surface area (Å²) in [5.74, 6) is 0.911. The number of hydrogen-bond donors (Lipinski definition) is 1. The van der Waals surface area contributed by atoms with Gasteiger partial charge in [-0.05, 0) is 42.7 Å². The third-order valence-electron chi connectivity index (χ3n) is 4.68. The van der Waals surface area contributed by atoms with Crippen molar-refractivity contribution < 1.29 is 4.74 Å². The van der Waals surface area contributed by atoms with E-state index in [2.05, 4.69) is 66.5 Å². The molecule has 0 spiro atoms. The van der Waals surface area contributed by atoms with Crippen molar-refractivity contribution >= 4 is 0 Å². The number of nitrogens with one attached hydrogen (secondary N) is 1. The average molecular weight is 310 g/mol. The van der Waals surface area contributed by atoms with Gasteiger partial charge in [-0.25, -0.2) is 0 Å². The summed E-state index contributed by atoms with van der Waals surface area (Å²) in [4.78, 5) is 2.58. The molecule has 0 amide bonds. The molecule has 1 unspecified atom stereocenters. The number of nitrogens with zero attached hydrogens (tertiary/aromatic N) is 1. The lowest BCUT2D eigenvalue weighted by Crippen LogP contribution is -2.45. The van der Waals surface area contributed by atoms with E-state index in [1.54, 1.807) is 7.11 Å². The van der Waals surface area contributed by atoms with E-state index >= 15 is 0 Å². The lowest BCUT2D eigenvalue weighted by molar-refractivity contribution is 0.198. The number of hydrogen-bond acceptors (Lipinski definition) is 3. The van der Waals surface area contributed by atoms with Gasteiger partial charge in [-0.3, -0.25) is 4.90 Å². The largest absolute Gasteiger partial charge is 0.497 e. The zero-order valence-electron chi connectivity index (χ0n) is 14.3. The van der Waals surface area contributed by atoms with Gasteiger partial charge in [0.25, 0.3) is 0 Å². The highest BCUT2D eigenvalue weighted by Gasteiger charge is 2.25. The molecular weight excluding hydrogens is 284 g/mol. The third-order valence-corrected chi connectivity index (χ3v) is 4.68. The lowest BCUT2D eigenvalue weighted by Gasteiger charge is -2.36. The summed E-state index contributed by atoms with van der Waals surface area (Å²) >= 11 is 0. The predicted octanol–water partition coefficient (Wildman–Crippen LogP) is 3.31. The van der Waals surface area contributed by atoms with E-state index in [1.807, 2.05) is 0 Å². The predicted molar refractivity (Wildman–Crippen MR) is 95.2 cm³/mol. The van der Waals surface area contributed by atoms with Gasteiger partial charge in [0, 0.05) is 26.2 Å². The number of piperazine rings is 1. The minimum Gasteiger partial charge on any atom is -0.497 e. The second-order valence-corrected chi connectivity index (χ2v) is 6.32. The zero-order valence-corrected chi connectivity index (χ0v) is 14.3. The number of benzene rings is 2. The number of aryl methyl sites for hydroxylation is 2. The highest BCUT2D eigenvalue weighted by molar-refractivity contribution is 5.41. The molecule has 1 aliphatic rings. The maximum absolute atomic E-state index is 5.32. The van der Waals surface area contributed by atoms with Crippen LogP contribution in [0, 0.1) is 13.8 Å². The van der Waals surface area contributed by atoms with Crippen LogP contribution in [-0.4, -0.2) is 38.2 Å². The van der Waals surface area contributed by atoms with Crippen LogP contribution in [0.3, 0.4) is 0 Å². The Bertz CT molecular complexity index is 645. The summed E-state index contributed by atoms with van der Waals surface area (Å²) in [6.45, 7) is 8.64. The minimum atomic E-state index is 0.308. The molecule has 0 aromatic heterocycles. The first-order chi connectivity index (χ1) is 11.2. The van der Waals surface area contributed by atoms with E-state index in [-0.39, 0.29) is 0 Å². The second-order valence-electron chi connectivity index (χ2n) is 6.32. The van der Waals surface area contributed by atoms with E-state index in [1.165, 1.54) is 22.3 Å². The molecule has 2 aromatic rings. The summed E-state index contributed by atoms with van der Waals surface area (Å²) in [6.07, 6.45) is 0. The maximum Gasteiger partial charge on any atom is 0.118 e. The first-order valence-electron chi connectivity index (χ1n) is 8.35. The quantitative estimate of drug-likeness (QED) is 0.938. The number of ether oxygens (including phenoxy) is 1. The Morgan fingerprint density at radius 1 is 1.00 bits per heavy atom. The normalized spacial score (nSPS) is 17.0. The van der Waals surface area contributed by atoms with Crippen molar-refractivity contribution in [2.75, 3.05) is 33.3 Å². The molecule has 1 aliphatic heterocycles. The molecule has 122 valence electrons. The summed E-state index contributed by atoms with van der Waals surface area (Å²) in [5.41, 5.74) is 5.42. The standard InChI is InChI=1S/C20H26N2O/c1-15-4-5-16(2)19(14-15)20(22-12-10-21-11-13-22)17-6-8-18(23-3)9-7-17/h4-9,14,20-21H,10-13H2,1-3H3. The Kier molecular flexibility index (Phi) is 4.99. The van der Waals surface area contributed by atoms with Crippen LogP contribution in [0.15, 0.2) is 42.5 Å². The molecule has 0 bridgehead atoms. The molecule has 3 rings (SSSR count). The van der Waals surface area contributed by atoms with Gasteiger partial charge in [0.1, 0.15) is 5.75 Å². The van der Waals surface area contributed by atoms with Crippen molar-refractivity contribution in [1.82, 2.24) is 10.2 Å². The van der Waals surface area contributed by atoms with Gasteiger partial charge in [-0.2, -0.15) is 0 Å². The molecule has 1 N–H and O–H groups in total. The summed E-state index contributed by atoms with van der Waals surface area (Å²) in [7, 11) is 1.72. The molecule has 3 nitrogen and oxygen atoms in total. The van der Waals surface area contributed by atoms with E-state index in [9.17, 15) is 0 Å². The average Bonchev–Trinajstić information content (AvgIpc) is 2.60. The van der Waals surface area contributed by atoms with Crippen molar-refractivity contribution in [3.05, 3.63) is 64.7 Å². The van der Waals surface area contributed by atoms with Crippen molar-refractivity contribution in [1.29, 1.82) is 0 Å². The van der Waals surface area contributed by atoms with Crippen LogP contribution in [0.2, 0.25) is 0 Å². The molecule has 1 heterocycles. The van der Waals surface area contributed by atoms with Crippen LogP contribution in [-0.2, 0) is 0 Å². The summed E-state index contributed by atoms with van der Waals surface area (Å²) in [5, 5.41) is 3.46. The number of methoxy groups -OCH3 is 1. The van der Waals surface area contributed by atoms with Crippen LogP contribution in [0.4, 0.5) is 0 Å². The molecule has 1 fully saturated rings. The molecule has 23 heavy (non-hydrogen) atoms. The van der Waals surface area contributed by atoms with Crippen molar-refractivity contribution in [3.8, 4) is 5.75 Å².